The van der Waals surface area contributed by atoms with E-state index in [1.165, 1.54) is 28.6 Å². The van der Waals surface area contributed by atoms with E-state index in [1.807, 2.05) is 6.07 Å². The summed E-state index contributed by atoms with van der Waals surface area (Å²) in [6.45, 7) is 0.346. The molecule has 0 bridgehead atoms. The van der Waals surface area contributed by atoms with E-state index in [-0.39, 0.29) is 10.5 Å². The molecule has 0 saturated heterocycles. The first-order valence-corrected chi connectivity index (χ1v) is 8.36. The van der Waals surface area contributed by atoms with Crippen LogP contribution in [-0.2, 0) is 16.4 Å². The third-order valence-corrected chi connectivity index (χ3v) is 5.65. The van der Waals surface area contributed by atoms with Crippen LogP contribution >= 0.6 is 11.6 Å². The van der Waals surface area contributed by atoms with Crippen molar-refractivity contribution in [2.45, 2.75) is 11.3 Å². The SMILES string of the molecule is O=C(O)c1ccc(S(=O)(=O)N2CCc3ccc(Cl)cc32)cc1. The van der Waals surface area contributed by atoms with Gasteiger partial charge in [-0.05, 0) is 48.4 Å². The third kappa shape index (κ3) is 2.44. The fourth-order valence-electron chi connectivity index (χ4n) is 2.47. The predicted molar refractivity (Wildman–Crippen MR) is 83.1 cm³/mol. The number of aromatic carboxylic acids is 1. The van der Waals surface area contributed by atoms with Gasteiger partial charge >= 0.3 is 5.97 Å². The van der Waals surface area contributed by atoms with Gasteiger partial charge in [-0.15, -0.1) is 0 Å². The molecule has 0 unspecified atom stereocenters. The summed E-state index contributed by atoms with van der Waals surface area (Å²) in [5, 5.41) is 9.35. The summed E-state index contributed by atoms with van der Waals surface area (Å²) in [7, 11) is -3.73. The Morgan fingerprint density at radius 2 is 1.82 bits per heavy atom. The van der Waals surface area contributed by atoms with E-state index >= 15 is 0 Å². The van der Waals surface area contributed by atoms with E-state index in [9.17, 15) is 13.2 Å². The zero-order valence-corrected chi connectivity index (χ0v) is 12.9. The van der Waals surface area contributed by atoms with Gasteiger partial charge in [-0.3, -0.25) is 4.31 Å². The monoisotopic (exact) mass is 337 g/mol. The van der Waals surface area contributed by atoms with Crippen molar-refractivity contribution in [2.24, 2.45) is 0 Å². The van der Waals surface area contributed by atoms with Crippen molar-refractivity contribution in [2.75, 3.05) is 10.8 Å². The highest BCUT2D eigenvalue weighted by Gasteiger charge is 2.31. The summed E-state index contributed by atoms with van der Waals surface area (Å²) >= 11 is 5.95. The molecule has 114 valence electrons. The highest BCUT2D eigenvalue weighted by atomic mass is 35.5. The van der Waals surface area contributed by atoms with Gasteiger partial charge in [0, 0.05) is 11.6 Å². The molecule has 7 heteroatoms. The molecule has 0 radical (unpaired) electrons. The highest BCUT2D eigenvalue weighted by Crippen LogP contribution is 2.34. The van der Waals surface area contributed by atoms with Crippen molar-refractivity contribution >= 4 is 33.3 Å². The standard InChI is InChI=1S/C15H12ClNO4S/c16-12-4-1-10-7-8-17(14(10)9-12)22(20,21)13-5-2-11(3-6-13)15(18)19/h1-6,9H,7-8H2,(H,18,19). The van der Waals surface area contributed by atoms with Crippen LogP contribution in [0.5, 0.6) is 0 Å². The molecule has 1 aliphatic heterocycles. The van der Waals surface area contributed by atoms with E-state index in [0.717, 1.165) is 5.56 Å². The zero-order chi connectivity index (χ0) is 15.9. The average molecular weight is 338 g/mol. The first-order chi connectivity index (χ1) is 10.4. The second-order valence-corrected chi connectivity index (χ2v) is 7.23. The van der Waals surface area contributed by atoms with Crippen LogP contribution in [0.1, 0.15) is 15.9 Å². The lowest BCUT2D eigenvalue weighted by Gasteiger charge is -2.19. The molecular weight excluding hydrogens is 326 g/mol. The fourth-order valence-corrected chi connectivity index (χ4v) is 4.13. The Morgan fingerprint density at radius 3 is 2.45 bits per heavy atom. The third-order valence-electron chi connectivity index (χ3n) is 3.59. The van der Waals surface area contributed by atoms with E-state index < -0.39 is 16.0 Å². The fraction of sp³-hybridized carbons (Fsp3) is 0.133. The minimum Gasteiger partial charge on any atom is -0.478 e. The number of fused-ring (bicyclic) bond motifs is 1. The average Bonchev–Trinajstić information content (AvgIpc) is 2.91. The molecule has 5 nitrogen and oxygen atoms in total. The molecular formula is C15H12ClNO4S. The maximum absolute atomic E-state index is 12.7. The molecule has 0 fully saturated rings. The number of carbonyl (C=O) groups is 1. The number of sulfonamides is 1. The topological polar surface area (TPSA) is 74.7 Å². The Bertz CT molecular complexity index is 846. The largest absolute Gasteiger partial charge is 0.478 e. The quantitative estimate of drug-likeness (QED) is 0.934. The number of nitrogens with zero attached hydrogens (tertiary/aromatic N) is 1. The van der Waals surface area contributed by atoms with Crippen molar-refractivity contribution in [1.82, 2.24) is 0 Å². The van der Waals surface area contributed by atoms with Gasteiger partial charge in [0.05, 0.1) is 16.1 Å². The van der Waals surface area contributed by atoms with Crippen molar-refractivity contribution in [3.05, 3.63) is 58.6 Å². The van der Waals surface area contributed by atoms with Crippen LogP contribution in [0.15, 0.2) is 47.4 Å². The molecule has 22 heavy (non-hydrogen) atoms. The molecule has 0 saturated carbocycles. The van der Waals surface area contributed by atoms with Gasteiger partial charge in [0.25, 0.3) is 10.0 Å². The van der Waals surface area contributed by atoms with Gasteiger partial charge in [0.1, 0.15) is 0 Å². The smallest absolute Gasteiger partial charge is 0.335 e. The Balaban J connectivity index is 2.01. The molecule has 0 aliphatic carbocycles. The Labute approximate surface area is 132 Å². The lowest BCUT2D eigenvalue weighted by atomic mass is 10.2. The van der Waals surface area contributed by atoms with Gasteiger partial charge in [-0.1, -0.05) is 17.7 Å². The second kappa shape index (κ2) is 5.30. The molecule has 0 aromatic heterocycles. The number of carboxylic acids is 1. The summed E-state index contributed by atoms with van der Waals surface area (Å²) in [6.07, 6.45) is 0.624. The Kier molecular flexibility index (Phi) is 3.58. The summed E-state index contributed by atoms with van der Waals surface area (Å²) in [4.78, 5) is 10.9. The van der Waals surface area contributed by atoms with Gasteiger partial charge in [-0.2, -0.15) is 0 Å². The van der Waals surface area contributed by atoms with Gasteiger partial charge < -0.3 is 5.11 Å². The molecule has 3 rings (SSSR count). The normalized spacial score (nSPS) is 14.0. The Morgan fingerprint density at radius 1 is 1.14 bits per heavy atom. The van der Waals surface area contributed by atoms with Crippen molar-refractivity contribution in [3.8, 4) is 0 Å². The van der Waals surface area contributed by atoms with Crippen LogP contribution < -0.4 is 4.31 Å². The van der Waals surface area contributed by atoms with Gasteiger partial charge in [0.2, 0.25) is 0 Å². The molecule has 1 heterocycles. The lowest BCUT2D eigenvalue weighted by Crippen LogP contribution is -2.29. The Hall–Kier alpha value is -2.05. The van der Waals surface area contributed by atoms with Crippen LogP contribution in [0.4, 0.5) is 5.69 Å². The highest BCUT2D eigenvalue weighted by molar-refractivity contribution is 7.92. The minimum atomic E-state index is -3.73. The minimum absolute atomic E-state index is 0.0452. The molecule has 2 aromatic rings. The summed E-state index contributed by atoms with van der Waals surface area (Å²) < 4.78 is 26.8. The molecule has 0 spiro atoms. The molecule has 1 aliphatic rings. The summed E-state index contributed by atoms with van der Waals surface area (Å²) in [5.41, 5.74) is 1.55. The van der Waals surface area contributed by atoms with Gasteiger partial charge in [0.15, 0.2) is 0 Å². The molecule has 1 N–H and O–H groups in total. The zero-order valence-electron chi connectivity index (χ0n) is 11.4. The first kappa shape index (κ1) is 14.9. The number of benzene rings is 2. The van der Waals surface area contributed by atoms with Crippen LogP contribution in [0.25, 0.3) is 0 Å². The maximum atomic E-state index is 12.7. The van der Waals surface area contributed by atoms with E-state index in [1.54, 1.807) is 12.1 Å². The summed E-state index contributed by atoms with van der Waals surface area (Å²) in [5.74, 6) is -1.10. The second-order valence-electron chi connectivity index (χ2n) is 4.93. The van der Waals surface area contributed by atoms with E-state index in [2.05, 4.69) is 0 Å². The first-order valence-electron chi connectivity index (χ1n) is 6.54. The van der Waals surface area contributed by atoms with Crippen molar-refractivity contribution < 1.29 is 18.3 Å². The number of hydrogen-bond acceptors (Lipinski definition) is 3. The van der Waals surface area contributed by atoms with Crippen LogP contribution in [0.3, 0.4) is 0 Å². The van der Waals surface area contributed by atoms with E-state index in [0.29, 0.717) is 23.7 Å². The number of rotatable bonds is 3. The van der Waals surface area contributed by atoms with Crippen molar-refractivity contribution in [1.29, 1.82) is 0 Å². The molecule has 0 amide bonds. The number of hydrogen-bond donors (Lipinski definition) is 1. The van der Waals surface area contributed by atoms with Crippen LogP contribution in [0, 0.1) is 0 Å². The lowest BCUT2D eigenvalue weighted by molar-refractivity contribution is 0.0696. The number of anilines is 1. The number of carboxylic acid groups (broad SMARTS) is 1. The summed E-state index contributed by atoms with van der Waals surface area (Å²) in [6, 6.07) is 10.4. The van der Waals surface area contributed by atoms with E-state index in [4.69, 9.17) is 16.7 Å². The molecule has 2 aromatic carbocycles. The maximum Gasteiger partial charge on any atom is 0.335 e. The van der Waals surface area contributed by atoms with Gasteiger partial charge in [-0.25, -0.2) is 13.2 Å². The van der Waals surface area contributed by atoms with Crippen molar-refractivity contribution in [3.63, 3.8) is 0 Å². The molecule has 0 atom stereocenters. The number of halogens is 1. The van der Waals surface area contributed by atoms with Crippen LogP contribution in [-0.4, -0.2) is 26.0 Å². The predicted octanol–water partition coefficient (Wildman–Crippen LogP) is 2.79. The van der Waals surface area contributed by atoms with Crippen LogP contribution in [0.2, 0.25) is 5.02 Å².